The van der Waals surface area contributed by atoms with Crippen LogP contribution in [0.25, 0.3) is 5.65 Å². The molecule has 0 radical (unpaired) electrons. The van der Waals surface area contributed by atoms with E-state index in [1.165, 1.54) is 36.3 Å². The summed E-state index contributed by atoms with van der Waals surface area (Å²) >= 11 is 0. The fourth-order valence-electron chi connectivity index (χ4n) is 4.26. The largest absolute Gasteiger partial charge is 0.367 e. The molecular weight excluding hydrogens is 262 g/mol. The van der Waals surface area contributed by atoms with E-state index in [4.69, 9.17) is 10.7 Å². The smallest absolute Gasteiger partial charge is 0.157 e. The second kappa shape index (κ2) is 3.97. The summed E-state index contributed by atoms with van der Waals surface area (Å²) in [6.45, 7) is 0. The molecule has 3 aliphatic rings. The van der Waals surface area contributed by atoms with Crippen LogP contribution in [0, 0.1) is 0 Å². The molecule has 2 aromatic heterocycles. The van der Waals surface area contributed by atoms with Gasteiger partial charge in [0.05, 0.1) is 11.9 Å². The quantitative estimate of drug-likeness (QED) is 0.884. The van der Waals surface area contributed by atoms with Crippen molar-refractivity contribution < 1.29 is 0 Å². The second-order valence-electron chi connectivity index (χ2n) is 7.08. The number of hydrogen-bond acceptors (Lipinski definition) is 4. The van der Waals surface area contributed by atoms with Gasteiger partial charge in [0.1, 0.15) is 5.82 Å². The summed E-state index contributed by atoms with van der Waals surface area (Å²) in [6.07, 6.45) is 10.2. The number of fused-ring (bicyclic) bond motifs is 3. The van der Waals surface area contributed by atoms with Crippen molar-refractivity contribution >= 4 is 11.5 Å². The van der Waals surface area contributed by atoms with E-state index in [0.29, 0.717) is 17.5 Å². The fraction of sp³-hybridized carbons (Fsp3) is 0.625. The minimum Gasteiger partial charge on any atom is -0.367 e. The number of anilines is 1. The molecule has 3 aliphatic carbocycles. The molecule has 2 atom stereocenters. The van der Waals surface area contributed by atoms with Gasteiger partial charge in [0, 0.05) is 29.1 Å². The van der Waals surface area contributed by atoms with Gasteiger partial charge >= 0.3 is 0 Å². The molecule has 21 heavy (non-hydrogen) atoms. The van der Waals surface area contributed by atoms with Gasteiger partial charge in [-0.3, -0.25) is 0 Å². The summed E-state index contributed by atoms with van der Waals surface area (Å²) in [6, 6.07) is 2.84. The van der Waals surface area contributed by atoms with Gasteiger partial charge < -0.3 is 11.1 Å². The molecule has 0 aliphatic heterocycles. The Morgan fingerprint density at radius 2 is 2.19 bits per heavy atom. The molecule has 2 fully saturated rings. The fourth-order valence-corrected chi connectivity index (χ4v) is 4.26. The molecule has 0 aromatic carbocycles. The van der Waals surface area contributed by atoms with Crippen molar-refractivity contribution in [3.05, 3.63) is 23.5 Å². The van der Waals surface area contributed by atoms with Crippen LogP contribution in [0.1, 0.15) is 49.8 Å². The van der Waals surface area contributed by atoms with Crippen LogP contribution in [0.15, 0.2) is 12.3 Å². The Labute approximate surface area is 123 Å². The number of aromatic nitrogens is 3. The van der Waals surface area contributed by atoms with Crippen LogP contribution >= 0.6 is 0 Å². The zero-order valence-electron chi connectivity index (χ0n) is 12.2. The number of rotatable bonds is 2. The van der Waals surface area contributed by atoms with Crippen LogP contribution in [-0.4, -0.2) is 26.7 Å². The molecule has 2 heterocycles. The van der Waals surface area contributed by atoms with E-state index >= 15 is 0 Å². The Morgan fingerprint density at radius 1 is 1.29 bits per heavy atom. The Morgan fingerprint density at radius 3 is 2.95 bits per heavy atom. The van der Waals surface area contributed by atoms with Crippen LogP contribution in [0.4, 0.5) is 5.82 Å². The summed E-state index contributed by atoms with van der Waals surface area (Å²) in [5.74, 6) is 1.18. The van der Waals surface area contributed by atoms with Crippen LogP contribution in [0.2, 0.25) is 0 Å². The van der Waals surface area contributed by atoms with Crippen LogP contribution in [0.5, 0.6) is 0 Å². The molecule has 5 heteroatoms. The lowest BCUT2D eigenvalue weighted by Gasteiger charge is -2.18. The normalized spacial score (nSPS) is 29.2. The van der Waals surface area contributed by atoms with E-state index in [1.807, 2.05) is 16.8 Å². The third-order valence-electron chi connectivity index (χ3n) is 5.66. The first-order valence-corrected chi connectivity index (χ1v) is 8.14. The first kappa shape index (κ1) is 12.0. The summed E-state index contributed by atoms with van der Waals surface area (Å²) in [5, 5.41) is 8.23. The highest BCUT2D eigenvalue weighted by Gasteiger charge is 2.51. The number of hydrogen-bond donors (Lipinski definition) is 2. The molecule has 3 N–H and O–H groups in total. The molecule has 0 saturated heterocycles. The van der Waals surface area contributed by atoms with E-state index in [-0.39, 0.29) is 0 Å². The topological polar surface area (TPSA) is 68.2 Å². The highest BCUT2D eigenvalue weighted by Crippen LogP contribution is 2.57. The number of nitrogens with two attached hydrogens (primary N) is 1. The van der Waals surface area contributed by atoms with E-state index in [1.54, 1.807) is 0 Å². The molecule has 5 rings (SSSR count). The first-order chi connectivity index (χ1) is 10.3. The maximum absolute atomic E-state index is 6.06. The van der Waals surface area contributed by atoms with Crippen molar-refractivity contribution in [2.24, 2.45) is 5.73 Å². The Kier molecular flexibility index (Phi) is 2.27. The van der Waals surface area contributed by atoms with Crippen LogP contribution in [-0.2, 0) is 11.8 Å². The lowest BCUT2D eigenvalue weighted by atomic mass is 10.0. The molecule has 2 saturated carbocycles. The van der Waals surface area contributed by atoms with E-state index in [2.05, 4.69) is 10.4 Å². The lowest BCUT2D eigenvalue weighted by Crippen LogP contribution is -2.23. The number of nitrogens with zero attached hydrogens (tertiary/aromatic N) is 3. The summed E-state index contributed by atoms with van der Waals surface area (Å²) in [4.78, 5) is 4.92. The minimum atomic E-state index is 0.347. The van der Waals surface area contributed by atoms with Gasteiger partial charge in [0.25, 0.3) is 0 Å². The van der Waals surface area contributed by atoms with Crippen LogP contribution in [0.3, 0.4) is 0 Å². The van der Waals surface area contributed by atoms with Crippen molar-refractivity contribution in [1.82, 2.24) is 14.6 Å². The first-order valence-electron chi connectivity index (χ1n) is 8.14. The molecule has 0 amide bonds. The highest BCUT2D eigenvalue weighted by atomic mass is 15.3. The summed E-state index contributed by atoms with van der Waals surface area (Å²) in [5.41, 5.74) is 10.2. The minimum absolute atomic E-state index is 0.347. The second-order valence-corrected chi connectivity index (χ2v) is 7.08. The van der Waals surface area contributed by atoms with Crippen LogP contribution < -0.4 is 11.1 Å². The average Bonchev–Trinajstić information content (AvgIpc) is 2.82. The lowest BCUT2D eigenvalue weighted by molar-refractivity contribution is 0.665. The zero-order chi connectivity index (χ0) is 14.0. The Balaban J connectivity index is 1.62. The molecular formula is C16H21N5. The van der Waals surface area contributed by atoms with Crippen molar-refractivity contribution in [1.29, 1.82) is 0 Å². The van der Waals surface area contributed by atoms with Gasteiger partial charge in [-0.2, -0.15) is 9.61 Å². The van der Waals surface area contributed by atoms with Crippen molar-refractivity contribution in [2.45, 2.75) is 62.4 Å². The van der Waals surface area contributed by atoms with E-state index < -0.39 is 0 Å². The molecule has 110 valence electrons. The van der Waals surface area contributed by atoms with Gasteiger partial charge in [0.15, 0.2) is 5.65 Å². The van der Waals surface area contributed by atoms with Crippen molar-refractivity contribution in [3.8, 4) is 0 Å². The van der Waals surface area contributed by atoms with E-state index in [0.717, 1.165) is 31.3 Å². The van der Waals surface area contributed by atoms with Gasteiger partial charge in [-0.1, -0.05) is 0 Å². The Bertz CT molecular complexity index is 715. The van der Waals surface area contributed by atoms with Gasteiger partial charge in [-0.15, -0.1) is 0 Å². The number of nitrogens with one attached hydrogen (secondary N) is 1. The summed E-state index contributed by atoms with van der Waals surface area (Å²) in [7, 11) is 0. The monoisotopic (exact) mass is 283 g/mol. The molecule has 0 unspecified atom stereocenters. The standard InChI is InChI=1S/C16H21N5/c17-10-1-2-11(9-10)19-15-12-3-5-16(6-7-16)14(12)20-13-4-8-18-21(13)15/h4,8,10-11,19H,1-3,5-7,9,17H2/t10-,11+/m0/s1. The predicted octanol–water partition coefficient (Wildman–Crippen LogP) is 2.00. The SMILES string of the molecule is N[C@H]1CC[C@@H](Nc2c3c(nc4ccnn24)C2(CC3)CC2)C1. The maximum atomic E-state index is 6.06. The Hall–Kier alpha value is -1.62. The third-order valence-corrected chi connectivity index (χ3v) is 5.66. The molecule has 0 bridgehead atoms. The third kappa shape index (κ3) is 1.67. The molecule has 1 spiro atoms. The highest BCUT2D eigenvalue weighted by molar-refractivity contribution is 5.60. The zero-order valence-corrected chi connectivity index (χ0v) is 12.2. The van der Waals surface area contributed by atoms with E-state index in [9.17, 15) is 0 Å². The average molecular weight is 283 g/mol. The molecule has 2 aromatic rings. The predicted molar refractivity (Wildman–Crippen MR) is 81.5 cm³/mol. The molecule has 5 nitrogen and oxygen atoms in total. The van der Waals surface area contributed by atoms with Crippen molar-refractivity contribution in [2.75, 3.05) is 5.32 Å². The van der Waals surface area contributed by atoms with Gasteiger partial charge in [0.2, 0.25) is 0 Å². The van der Waals surface area contributed by atoms with Crippen molar-refractivity contribution in [3.63, 3.8) is 0 Å². The van der Waals surface area contributed by atoms with Gasteiger partial charge in [-0.05, 0) is 44.9 Å². The summed E-state index contributed by atoms with van der Waals surface area (Å²) < 4.78 is 1.99. The maximum Gasteiger partial charge on any atom is 0.157 e. The van der Waals surface area contributed by atoms with Gasteiger partial charge in [-0.25, -0.2) is 4.98 Å².